The molecule has 0 saturated carbocycles. The van der Waals surface area contributed by atoms with Gasteiger partial charge in [0, 0.05) is 10.7 Å². The monoisotopic (exact) mass is 252 g/mol. The van der Waals surface area contributed by atoms with Gasteiger partial charge in [0.15, 0.2) is 0 Å². The van der Waals surface area contributed by atoms with Gasteiger partial charge in [0.25, 0.3) is 9.05 Å². The Kier molecular flexibility index (Phi) is 3.45. The minimum absolute atomic E-state index is 0.0213. The van der Waals surface area contributed by atoms with Gasteiger partial charge in [-0.3, -0.25) is 0 Å². The second kappa shape index (κ2) is 4.09. The average Bonchev–Trinajstić information content (AvgIpc) is 2.01. The molecule has 0 aromatic heterocycles. The van der Waals surface area contributed by atoms with E-state index in [9.17, 15) is 8.42 Å². The van der Waals surface area contributed by atoms with Gasteiger partial charge in [-0.25, -0.2) is 8.42 Å². The molecule has 0 N–H and O–H groups in total. The third kappa shape index (κ3) is 2.41. The lowest BCUT2D eigenvalue weighted by Gasteiger charge is -2.09. The molecule has 0 bridgehead atoms. The van der Waals surface area contributed by atoms with Crippen LogP contribution < -0.4 is 0 Å². The molecule has 14 heavy (non-hydrogen) atoms. The first kappa shape index (κ1) is 11.8. The van der Waals surface area contributed by atoms with Crippen molar-refractivity contribution in [3.63, 3.8) is 0 Å². The molecule has 0 aliphatic heterocycles. The van der Waals surface area contributed by atoms with Crippen molar-refractivity contribution in [2.45, 2.75) is 24.7 Å². The van der Waals surface area contributed by atoms with E-state index >= 15 is 0 Å². The van der Waals surface area contributed by atoms with E-state index in [4.69, 9.17) is 22.3 Å². The maximum atomic E-state index is 11.1. The highest BCUT2D eigenvalue weighted by Gasteiger charge is 2.17. The lowest BCUT2D eigenvalue weighted by atomic mass is 10.0. The molecule has 0 aliphatic rings. The molecule has 78 valence electrons. The van der Waals surface area contributed by atoms with Crippen molar-refractivity contribution in [1.82, 2.24) is 0 Å². The second-order valence-corrected chi connectivity index (χ2v) is 6.16. The summed E-state index contributed by atoms with van der Waals surface area (Å²) < 4.78 is 22.2. The zero-order valence-electron chi connectivity index (χ0n) is 7.79. The van der Waals surface area contributed by atoms with Gasteiger partial charge in [-0.15, -0.1) is 0 Å². The Hall–Kier alpha value is -0.250. The Morgan fingerprint density at radius 2 is 1.86 bits per heavy atom. The third-order valence-electron chi connectivity index (χ3n) is 1.88. The lowest BCUT2D eigenvalue weighted by molar-refractivity contribution is 0.609. The molecule has 0 radical (unpaired) electrons. The van der Waals surface area contributed by atoms with Gasteiger partial charge in [-0.1, -0.05) is 37.6 Å². The molecule has 1 aromatic rings. The third-order valence-corrected chi connectivity index (χ3v) is 3.78. The van der Waals surface area contributed by atoms with E-state index < -0.39 is 9.05 Å². The Labute approximate surface area is 93.3 Å². The highest BCUT2D eigenvalue weighted by atomic mass is 35.7. The number of benzene rings is 1. The molecule has 0 amide bonds. The van der Waals surface area contributed by atoms with Crippen molar-refractivity contribution in [1.29, 1.82) is 0 Å². The highest BCUT2D eigenvalue weighted by molar-refractivity contribution is 8.13. The van der Waals surface area contributed by atoms with Crippen LogP contribution in [0.15, 0.2) is 23.1 Å². The van der Waals surface area contributed by atoms with Crippen LogP contribution in [0.1, 0.15) is 25.3 Å². The summed E-state index contributed by atoms with van der Waals surface area (Å²) in [7, 11) is 1.48. The highest BCUT2D eigenvalue weighted by Crippen LogP contribution is 2.31. The summed E-state index contributed by atoms with van der Waals surface area (Å²) in [5, 5.41) is 0.220. The summed E-state index contributed by atoms with van der Waals surface area (Å²) in [5.74, 6) is 0.167. The number of hydrogen-bond donors (Lipinski definition) is 0. The fraction of sp³-hybridized carbons (Fsp3) is 0.333. The summed E-state index contributed by atoms with van der Waals surface area (Å²) in [6.07, 6.45) is 0. The maximum absolute atomic E-state index is 11.1. The van der Waals surface area contributed by atoms with Crippen LogP contribution in [0.2, 0.25) is 5.02 Å². The zero-order valence-corrected chi connectivity index (χ0v) is 10.1. The van der Waals surface area contributed by atoms with Crippen LogP contribution in [-0.4, -0.2) is 8.42 Å². The molecule has 2 nitrogen and oxygen atoms in total. The molecule has 1 aromatic carbocycles. The van der Waals surface area contributed by atoms with Gasteiger partial charge < -0.3 is 0 Å². The van der Waals surface area contributed by atoms with Crippen LogP contribution in [0.4, 0.5) is 0 Å². The number of hydrogen-bond acceptors (Lipinski definition) is 2. The maximum Gasteiger partial charge on any atom is 0.262 e. The van der Waals surface area contributed by atoms with Crippen molar-refractivity contribution in [3.8, 4) is 0 Å². The minimum Gasteiger partial charge on any atom is -0.207 e. The van der Waals surface area contributed by atoms with Crippen molar-refractivity contribution in [2.24, 2.45) is 0 Å². The Bertz CT molecular complexity index is 438. The fourth-order valence-electron chi connectivity index (χ4n) is 1.16. The van der Waals surface area contributed by atoms with Crippen LogP contribution in [0.3, 0.4) is 0 Å². The van der Waals surface area contributed by atoms with Crippen LogP contribution in [0.5, 0.6) is 0 Å². The molecule has 0 atom stereocenters. The van der Waals surface area contributed by atoms with E-state index in [0.29, 0.717) is 0 Å². The van der Waals surface area contributed by atoms with Crippen molar-refractivity contribution < 1.29 is 8.42 Å². The number of halogens is 2. The predicted molar refractivity (Wildman–Crippen MR) is 58.6 cm³/mol. The first-order chi connectivity index (χ1) is 6.34. The minimum atomic E-state index is -3.75. The van der Waals surface area contributed by atoms with Gasteiger partial charge >= 0.3 is 0 Å². The predicted octanol–water partition coefficient (Wildman–Crippen LogP) is 3.39. The van der Waals surface area contributed by atoms with Crippen LogP contribution >= 0.6 is 22.3 Å². The van der Waals surface area contributed by atoms with Gasteiger partial charge in [0.2, 0.25) is 0 Å². The van der Waals surface area contributed by atoms with Gasteiger partial charge in [-0.05, 0) is 17.5 Å². The molecule has 0 fully saturated rings. The molecule has 5 heteroatoms. The molecule has 0 spiro atoms. The van der Waals surface area contributed by atoms with Crippen molar-refractivity contribution in [2.75, 3.05) is 0 Å². The fourth-order valence-corrected chi connectivity index (χ4v) is 2.89. The molecular formula is C9H10Cl2O2S. The summed E-state index contributed by atoms with van der Waals surface area (Å²) in [6, 6.07) is 4.82. The Balaban J connectivity index is 3.43. The van der Waals surface area contributed by atoms with Crippen LogP contribution in [0.25, 0.3) is 0 Å². The summed E-state index contributed by atoms with van der Waals surface area (Å²) >= 11 is 5.92. The SMILES string of the molecule is CC(C)c1cccc(S(=O)(=O)Cl)c1Cl. The average molecular weight is 253 g/mol. The lowest BCUT2D eigenvalue weighted by Crippen LogP contribution is -1.96. The Morgan fingerprint density at radius 1 is 1.29 bits per heavy atom. The van der Waals surface area contributed by atoms with Gasteiger partial charge in [-0.2, -0.15) is 0 Å². The Morgan fingerprint density at radius 3 is 2.29 bits per heavy atom. The van der Waals surface area contributed by atoms with Crippen molar-refractivity contribution >= 4 is 31.3 Å². The van der Waals surface area contributed by atoms with E-state index in [0.717, 1.165) is 5.56 Å². The van der Waals surface area contributed by atoms with Crippen molar-refractivity contribution in [3.05, 3.63) is 28.8 Å². The first-order valence-electron chi connectivity index (χ1n) is 4.07. The number of rotatable bonds is 2. The van der Waals surface area contributed by atoms with Gasteiger partial charge in [0.05, 0.1) is 5.02 Å². The molecule has 0 aliphatic carbocycles. The standard InChI is InChI=1S/C9H10Cl2O2S/c1-6(2)7-4-3-5-8(9(7)10)14(11,12)13/h3-6H,1-2H3. The molecule has 0 unspecified atom stereocenters. The van der Waals surface area contributed by atoms with E-state index in [1.807, 2.05) is 13.8 Å². The second-order valence-electron chi connectivity index (χ2n) is 3.25. The van der Waals surface area contributed by atoms with E-state index in [-0.39, 0.29) is 15.8 Å². The van der Waals surface area contributed by atoms with E-state index in [2.05, 4.69) is 0 Å². The normalized spacial score (nSPS) is 12.1. The molecule has 0 heterocycles. The largest absolute Gasteiger partial charge is 0.262 e. The van der Waals surface area contributed by atoms with Crippen LogP contribution in [-0.2, 0) is 9.05 Å². The van der Waals surface area contributed by atoms with Crippen LogP contribution in [0, 0.1) is 0 Å². The van der Waals surface area contributed by atoms with E-state index in [1.165, 1.54) is 6.07 Å². The molecular weight excluding hydrogens is 243 g/mol. The zero-order chi connectivity index (χ0) is 10.9. The smallest absolute Gasteiger partial charge is 0.207 e. The summed E-state index contributed by atoms with van der Waals surface area (Å²) in [6.45, 7) is 3.87. The quantitative estimate of drug-likeness (QED) is 0.757. The van der Waals surface area contributed by atoms with Gasteiger partial charge in [0.1, 0.15) is 4.90 Å². The summed E-state index contributed by atoms with van der Waals surface area (Å²) in [5.41, 5.74) is 0.786. The summed E-state index contributed by atoms with van der Waals surface area (Å²) in [4.78, 5) is -0.0213. The molecule has 1 rings (SSSR count). The topological polar surface area (TPSA) is 34.1 Å². The van der Waals surface area contributed by atoms with E-state index in [1.54, 1.807) is 12.1 Å². The first-order valence-corrected chi connectivity index (χ1v) is 6.76. The molecule has 0 saturated heterocycles.